The molecule has 170 valence electrons. The van der Waals surface area contributed by atoms with Crippen LogP contribution in [0.3, 0.4) is 0 Å². The Bertz CT molecular complexity index is 697. The maximum Gasteiger partial charge on any atom is 1.00 e. The first-order chi connectivity index (χ1) is 11.7. The molecular formula is C8HF16NaO3S. The van der Waals surface area contributed by atoms with Crippen LogP contribution in [0.15, 0.2) is 0 Å². The van der Waals surface area contributed by atoms with Crippen LogP contribution in [0.4, 0.5) is 70.2 Å². The molecule has 0 aliphatic heterocycles. The molecule has 0 saturated heterocycles. The van der Waals surface area contributed by atoms with Crippen LogP contribution in [0.25, 0.3) is 0 Å². The van der Waals surface area contributed by atoms with E-state index < -0.39 is 57.3 Å². The molecule has 0 aromatic rings. The van der Waals surface area contributed by atoms with Crippen LogP contribution in [-0.4, -0.2) is 60.2 Å². The van der Waals surface area contributed by atoms with Gasteiger partial charge in [-0.25, -0.2) is 12.8 Å². The van der Waals surface area contributed by atoms with Gasteiger partial charge >= 0.3 is 70.6 Å². The number of halogens is 16. The van der Waals surface area contributed by atoms with E-state index in [9.17, 15) is 83.2 Å². The van der Waals surface area contributed by atoms with E-state index in [1.165, 1.54) is 0 Å². The monoisotopic (exact) mass is 504 g/mol. The van der Waals surface area contributed by atoms with E-state index in [4.69, 9.17) is 0 Å². The zero-order chi connectivity index (χ0) is 23.6. The zero-order valence-electron chi connectivity index (χ0n) is 12.8. The molecule has 3 nitrogen and oxygen atoms in total. The van der Waals surface area contributed by atoms with Crippen LogP contribution in [0.2, 0.25) is 0 Å². The summed E-state index contributed by atoms with van der Waals surface area (Å²) < 4.78 is 232. The van der Waals surface area contributed by atoms with Crippen molar-refractivity contribution in [1.29, 1.82) is 0 Å². The molecule has 0 N–H and O–H groups in total. The summed E-state index contributed by atoms with van der Waals surface area (Å²) >= 11 is 0. The second kappa shape index (κ2) is 7.73. The molecule has 0 aromatic carbocycles. The Kier molecular flexibility index (Phi) is 8.26. The normalized spacial score (nSPS) is 17.0. The SMILES string of the molecule is O=S(=O)([O-])C(F)(F)C(F)(F)C(F)(F)C(F)(F)C(F)(F)C(F)(F)C(F)C(F)(F)F.[Na+]. The van der Waals surface area contributed by atoms with Crippen LogP contribution in [0, 0.1) is 0 Å². The third-order valence-corrected chi connectivity index (χ3v) is 3.77. The van der Waals surface area contributed by atoms with Gasteiger partial charge in [0.2, 0.25) is 0 Å². The van der Waals surface area contributed by atoms with Crippen LogP contribution >= 0.6 is 0 Å². The quantitative estimate of drug-likeness (QED) is 0.298. The molecule has 29 heavy (non-hydrogen) atoms. The van der Waals surface area contributed by atoms with Gasteiger partial charge in [0.25, 0.3) is 6.17 Å². The van der Waals surface area contributed by atoms with Crippen molar-refractivity contribution in [2.45, 2.75) is 47.2 Å². The van der Waals surface area contributed by atoms with Crippen molar-refractivity contribution in [2.75, 3.05) is 0 Å². The van der Waals surface area contributed by atoms with E-state index in [2.05, 4.69) is 0 Å². The van der Waals surface area contributed by atoms with Crippen LogP contribution in [0.5, 0.6) is 0 Å². The van der Waals surface area contributed by atoms with Crippen molar-refractivity contribution < 1.29 is 113 Å². The fourth-order valence-electron chi connectivity index (χ4n) is 1.31. The molecule has 21 heteroatoms. The molecule has 0 rings (SSSR count). The molecule has 0 spiro atoms. The number of hydrogen-bond donors (Lipinski definition) is 0. The maximum absolute atomic E-state index is 13.0. The summed E-state index contributed by atoms with van der Waals surface area (Å²) in [7, 11) is -8.06. The fraction of sp³-hybridized carbons (Fsp3) is 1.00. The first-order valence-electron chi connectivity index (χ1n) is 5.58. The smallest absolute Gasteiger partial charge is 0.743 e. The van der Waals surface area contributed by atoms with Gasteiger partial charge in [-0.1, -0.05) is 0 Å². The van der Waals surface area contributed by atoms with Crippen molar-refractivity contribution in [2.24, 2.45) is 0 Å². The Morgan fingerprint density at radius 3 is 1.10 bits per heavy atom. The zero-order valence-corrected chi connectivity index (χ0v) is 15.6. The van der Waals surface area contributed by atoms with Crippen molar-refractivity contribution >= 4 is 10.1 Å². The van der Waals surface area contributed by atoms with E-state index in [1.807, 2.05) is 0 Å². The van der Waals surface area contributed by atoms with Gasteiger partial charge in [0.05, 0.1) is 0 Å². The Morgan fingerprint density at radius 1 is 0.586 bits per heavy atom. The molecule has 0 heterocycles. The minimum atomic E-state index is -8.66. The van der Waals surface area contributed by atoms with Crippen molar-refractivity contribution in [3.05, 3.63) is 0 Å². The Hall–Kier alpha value is -0.210. The van der Waals surface area contributed by atoms with Gasteiger partial charge in [-0.3, -0.25) is 0 Å². The van der Waals surface area contributed by atoms with Gasteiger partial charge in [0.15, 0.2) is 10.1 Å². The topological polar surface area (TPSA) is 57.2 Å². The van der Waals surface area contributed by atoms with Crippen molar-refractivity contribution in [1.82, 2.24) is 0 Å². The minimum absolute atomic E-state index is 0. The molecule has 0 aliphatic carbocycles. The molecule has 0 fully saturated rings. The van der Waals surface area contributed by atoms with Gasteiger partial charge < -0.3 is 4.55 Å². The van der Waals surface area contributed by atoms with Gasteiger partial charge in [-0.2, -0.15) is 65.9 Å². The van der Waals surface area contributed by atoms with Crippen LogP contribution in [-0.2, 0) is 10.1 Å². The largest absolute Gasteiger partial charge is 1.00 e. The van der Waals surface area contributed by atoms with Gasteiger partial charge in [-0.15, -0.1) is 0 Å². The molecule has 0 saturated carbocycles. The van der Waals surface area contributed by atoms with Crippen LogP contribution in [0.1, 0.15) is 0 Å². The number of rotatable bonds is 7. The maximum atomic E-state index is 13.0. The number of hydrogen-bond acceptors (Lipinski definition) is 3. The second-order valence-electron chi connectivity index (χ2n) is 4.80. The Balaban J connectivity index is 0. The van der Waals surface area contributed by atoms with E-state index in [0.717, 1.165) is 0 Å². The summed E-state index contributed by atoms with van der Waals surface area (Å²) in [6.07, 6.45) is -13.6. The third-order valence-electron chi connectivity index (χ3n) is 2.89. The molecule has 1 atom stereocenters. The first-order valence-corrected chi connectivity index (χ1v) is 6.99. The molecule has 0 radical (unpaired) electrons. The average Bonchev–Trinajstić information content (AvgIpc) is 2.42. The van der Waals surface area contributed by atoms with Gasteiger partial charge in [0, 0.05) is 0 Å². The molecule has 0 amide bonds. The Morgan fingerprint density at radius 2 is 0.862 bits per heavy atom. The summed E-state index contributed by atoms with van der Waals surface area (Å²) in [4.78, 5) is 0. The molecule has 0 bridgehead atoms. The van der Waals surface area contributed by atoms with Crippen LogP contribution < -0.4 is 29.6 Å². The molecular weight excluding hydrogens is 503 g/mol. The average molecular weight is 504 g/mol. The summed E-state index contributed by atoms with van der Waals surface area (Å²) in [6.45, 7) is 0. The van der Waals surface area contributed by atoms with E-state index in [0.29, 0.717) is 0 Å². The summed E-state index contributed by atoms with van der Waals surface area (Å²) in [6, 6.07) is 0. The van der Waals surface area contributed by atoms with Crippen molar-refractivity contribution in [3.63, 3.8) is 0 Å². The number of alkyl halides is 16. The standard InChI is InChI=1S/C8H2F16O3S.Na/c9-1(3(12,13)14)2(10,11)4(15,16)5(17,18)6(19,20)7(21,22)8(23,24)28(25,26)27;/h1H,(H,25,26,27);/q;+1/p-1. The first kappa shape index (κ1) is 31.0. The second-order valence-corrected chi connectivity index (χ2v) is 6.22. The third kappa shape index (κ3) is 4.27. The Labute approximate surface area is 170 Å². The predicted octanol–water partition coefficient (Wildman–Crippen LogP) is 1.21. The van der Waals surface area contributed by atoms with E-state index in [-0.39, 0.29) is 29.6 Å². The van der Waals surface area contributed by atoms with Gasteiger partial charge in [0.1, 0.15) is 0 Å². The molecule has 0 aromatic heterocycles. The summed E-state index contributed by atoms with van der Waals surface area (Å²) in [5.74, 6) is -42.1. The predicted molar refractivity (Wildman–Crippen MR) is 50.3 cm³/mol. The molecule has 1 unspecified atom stereocenters. The van der Waals surface area contributed by atoms with Crippen molar-refractivity contribution in [3.8, 4) is 0 Å². The van der Waals surface area contributed by atoms with Gasteiger partial charge in [-0.05, 0) is 0 Å². The van der Waals surface area contributed by atoms with E-state index >= 15 is 0 Å². The summed E-state index contributed by atoms with van der Waals surface area (Å²) in [5.41, 5.74) is 0. The summed E-state index contributed by atoms with van der Waals surface area (Å²) in [5, 5.41) is -7.85. The minimum Gasteiger partial charge on any atom is -0.743 e. The fourth-order valence-corrected chi connectivity index (χ4v) is 1.75. The molecule has 0 aliphatic rings. The van der Waals surface area contributed by atoms with E-state index in [1.54, 1.807) is 0 Å².